The molecule has 0 amide bonds. The zero-order valence-corrected chi connectivity index (χ0v) is 17.1. The Balaban J connectivity index is 1.63. The average molecular weight is 404 g/mol. The second-order valence-electron chi connectivity index (χ2n) is 8.08. The molecular weight excluding hydrogens is 386 g/mol. The van der Waals surface area contributed by atoms with Crippen LogP contribution in [0.1, 0.15) is 5.56 Å². The molecule has 0 aliphatic rings. The highest BCUT2D eigenvalue weighted by Crippen LogP contribution is 2.40. The molecule has 0 N–H and O–H groups in total. The predicted octanol–water partition coefficient (Wildman–Crippen LogP) is 7.03. The van der Waals surface area contributed by atoms with Gasteiger partial charge in [-0.2, -0.15) is 4.57 Å². The van der Waals surface area contributed by atoms with E-state index < -0.39 is 0 Å². The van der Waals surface area contributed by atoms with Crippen LogP contribution in [0.5, 0.6) is 0 Å². The molecule has 31 heavy (non-hydrogen) atoms. The van der Waals surface area contributed by atoms with E-state index in [1.54, 1.807) is 0 Å². The van der Waals surface area contributed by atoms with Crippen LogP contribution < -0.4 is 4.57 Å². The molecule has 0 aliphatic carbocycles. The van der Waals surface area contributed by atoms with E-state index in [-0.39, 0.29) is 0 Å². The average Bonchev–Trinajstić information content (AvgIpc) is 3.45. The Labute approximate surface area is 176 Å². The van der Waals surface area contributed by atoms with E-state index >= 15 is 0 Å². The molecule has 7 rings (SSSR count). The van der Waals surface area contributed by atoms with Gasteiger partial charge in [-0.3, -0.25) is 0 Å². The molecule has 148 valence electrons. The van der Waals surface area contributed by atoms with Crippen molar-refractivity contribution < 1.29 is 17.8 Å². The summed E-state index contributed by atoms with van der Waals surface area (Å²) in [6.45, 7) is 2.10. The number of hydrogen-bond acceptors (Lipinski definition) is 3. The van der Waals surface area contributed by atoms with Gasteiger partial charge in [0.1, 0.15) is 29.4 Å². The van der Waals surface area contributed by atoms with Crippen molar-refractivity contribution >= 4 is 55.0 Å². The number of fused-ring (bicyclic) bond motifs is 8. The third-order valence-corrected chi connectivity index (χ3v) is 6.31. The molecule has 0 aliphatic heterocycles. The lowest BCUT2D eigenvalue weighted by Crippen LogP contribution is -2.28. The van der Waals surface area contributed by atoms with E-state index in [1.165, 1.54) is 0 Å². The Morgan fingerprint density at radius 1 is 0.613 bits per heavy atom. The fraction of sp³-hybridized carbons (Fsp3) is 0.0741. The van der Waals surface area contributed by atoms with Gasteiger partial charge in [0.2, 0.25) is 5.58 Å². The normalized spacial score (nSPS) is 12.2. The highest BCUT2D eigenvalue weighted by molar-refractivity contribution is 6.16. The van der Waals surface area contributed by atoms with Crippen molar-refractivity contribution in [2.45, 2.75) is 6.92 Å². The van der Waals surface area contributed by atoms with Crippen molar-refractivity contribution in [2.75, 3.05) is 0 Å². The van der Waals surface area contributed by atoms with E-state index in [2.05, 4.69) is 41.8 Å². The van der Waals surface area contributed by atoms with Crippen molar-refractivity contribution in [3.05, 3.63) is 78.4 Å². The lowest BCUT2D eigenvalue weighted by atomic mass is 10.0. The quantitative estimate of drug-likeness (QED) is 0.276. The maximum atomic E-state index is 6.59. The van der Waals surface area contributed by atoms with Gasteiger partial charge >= 0.3 is 5.89 Å². The number of para-hydroxylation sites is 2. The van der Waals surface area contributed by atoms with Gasteiger partial charge in [-0.15, -0.1) is 0 Å². The number of hydrogen-bond donors (Lipinski definition) is 0. The van der Waals surface area contributed by atoms with Crippen LogP contribution in [0.25, 0.3) is 66.4 Å². The molecule has 0 atom stereocenters. The number of oxazole rings is 1. The zero-order valence-electron chi connectivity index (χ0n) is 17.1. The smallest absolute Gasteiger partial charge is 0.385 e. The Morgan fingerprint density at radius 3 is 2.19 bits per heavy atom. The summed E-state index contributed by atoms with van der Waals surface area (Å²) in [5.74, 6) is 0.773. The van der Waals surface area contributed by atoms with E-state index in [0.717, 1.165) is 72.0 Å². The molecule has 0 saturated heterocycles. The number of aromatic nitrogens is 1. The largest absolute Gasteiger partial charge is 0.456 e. The third-order valence-electron chi connectivity index (χ3n) is 6.31. The first kappa shape index (κ1) is 16.7. The molecular formula is C27H18NO3+. The number of aryl methyl sites for hydroxylation is 2. The monoisotopic (exact) mass is 404 g/mol. The van der Waals surface area contributed by atoms with Crippen LogP contribution in [0.2, 0.25) is 0 Å². The number of rotatable bonds is 1. The third kappa shape index (κ3) is 2.11. The fourth-order valence-electron chi connectivity index (χ4n) is 4.79. The van der Waals surface area contributed by atoms with Gasteiger partial charge < -0.3 is 13.3 Å². The van der Waals surface area contributed by atoms with Gasteiger partial charge in [0.05, 0.1) is 5.39 Å². The SMILES string of the molecule is Cc1ccc2c(oc3ccccc32)c1-c1oc2c3c(ccc2[n+]1C)oc1ccccc13. The Kier molecular flexibility index (Phi) is 3.11. The van der Waals surface area contributed by atoms with Gasteiger partial charge in [-0.25, -0.2) is 0 Å². The summed E-state index contributed by atoms with van der Waals surface area (Å²) >= 11 is 0. The molecule has 0 unspecified atom stereocenters. The van der Waals surface area contributed by atoms with Crippen LogP contribution in [-0.2, 0) is 7.05 Å². The minimum atomic E-state index is 0.773. The highest BCUT2D eigenvalue weighted by atomic mass is 16.4. The molecule has 0 radical (unpaired) electrons. The molecule has 0 bridgehead atoms. The van der Waals surface area contributed by atoms with E-state index in [0.29, 0.717) is 0 Å². The van der Waals surface area contributed by atoms with Gasteiger partial charge in [0.25, 0.3) is 5.52 Å². The van der Waals surface area contributed by atoms with Crippen LogP contribution in [0, 0.1) is 6.92 Å². The minimum Gasteiger partial charge on any atom is -0.456 e. The van der Waals surface area contributed by atoms with Crippen LogP contribution in [0.3, 0.4) is 0 Å². The second-order valence-corrected chi connectivity index (χ2v) is 8.08. The van der Waals surface area contributed by atoms with Crippen LogP contribution >= 0.6 is 0 Å². The van der Waals surface area contributed by atoms with E-state index in [9.17, 15) is 0 Å². The first-order chi connectivity index (χ1) is 15.2. The molecule has 3 aromatic heterocycles. The summed E-state index contributed by atoms with van der Waals surface area (Å²) in [6.07, 6.45) is 0. The standard InChI is InChI=1S/C27H18NO3/c1-15-11-12-17-16-7-3-5-9-20(16)30-25(17)23(15)27-28(2)19-13-14-22-24(26(19)31-27)18-8-4-6-10-21(18)29-22/h3-14H,1-2H3/q+1. The van der Waals surface area contributed by atoms with Crippen molar-refractivity contribution in [2.24, 2.45) is 7.05 Å². The predicted molar refractivity (Wildman–Crippen MR) is 122 cm³/mol. The Bertz CT molecular complexity index is 1810. The van der Waals surface area contributed by atoms with E-state index in [4.69, 9.17) is 13.3 Å². The Hall–Kier alpha value is -4.05. The summed E-state index contributed by atoms with van der Waals surface area (Å²) in [5, 5.41) is 4.27. The molecule has 4 heteroatoms. The van der Waals surface area contributed by atoms with Gasteiger partial charge in [-0.1, -0.05) is 48.5 Å². The molecule has 0 spiro atoms. The van der Waals surface area contributed by atoms with Crippen molar-refractivity contribution in [1.82, 2.24) is 0 Å². The number of benzene rings is 4. The maximum absolute atomic E-state index is 6.59. The lowest BCUT2D eigenvalue weighted by molar-refractivity contribution is -0.637. The van der Waals surface area contributed by atoms with Crippen LogP contribution in [0.4, 0.5) is 0 Å². The summed E-state index contributed by atoms with van der Waals surface area (Å²) in [4.78, 5) is 0. The van der Waals surface area contributed by atoms with Crippen molar-refractivity contribution in [1.29, 1.82) is 0 Å². The summed E-state index contributed by atoms with van der Waals surface area (Å²) < 4.78 is 21.1. The minimum absolute atomic E-state index is 0.773. The molecule has 0 fully saturated rings. The summed E-state index contributed by atoms with van der Waals surface area (Å²) in [6, 6.07) is 24.6. The maximum Gasteiger partial charge on any atom is 0.385 e. The van der Waals surface area contributed by atoms with Gasteiger partial charge in [-0.05, 0) is 30.7 Å². The van der Waals surface area contributed by atoms with Crippen molar-refractivity contribution in [3.63, 3.8) is 0 Å². The van der Waals surface area contributed by atoms with Crippen LogP contribution in [-0.4, -0.2) is 0 Å². The first-order valence-corrected chi connectivity index (χ1v) is 10.3. The molecule has 7 aromatic rings. The van der Waals surface area contributed by atoms with Gasteiger partial charge in [0.15, 0.2) is 5.58 Å². The fourth-order valence-corrected chi connectivity index (χ4v) is 4.79. The first-order valence-electron chi connectivity index (χ1n) is 10.3. The second kappa shape index (κ2) is 5.76. The zero-order chi connectivity index (χ0) is 20.7. The van der Waals surface area contributed by atoms with Crippen LogP contribution in [0.15, 0.2) is 86.0 Å². The molecule has 0 saturated carbocycles. The summed E-state index contributed by atoms with van der Waals surface area (Å²) in [5.41, 5.74) is 7.35. The highest BCUT2D eigenvalue weighted by Gasteiger charge is 2.29. The lowest BCUT2D eigenvalue weighted by Gasteiger charge is -2.00. The van der Waals surface area contributed by atoms with Crippen molar-refractivity contribution in [3.8, 4) is 11.5 Å². The molecule has 4 aromatic carbocycles. The van der Waals surface area contributed by atoms with Gasteiger partial charge in [0, 0.05) is 22.2 Å². The van der Waals surface area contributed by atoms with E-state index in [1.807, 2.05) is 49.5 Å². The molecule has 4 nitrogen and oxygen atoms in total. The number of nitrogens with zero attached hydrogens (tertiary/aromatic N) is 1. The Morgan fingerprint density at radius 2 is 1.35 bits per heavy atom. The molecule has 3 heterocycles. The topological polar surface area (TPSA) is 43.3 Å². The summed E-state index contributed by atoms with van der Waals surface area (Å²) in [7, 11) is 2.04. The number of furan rings is 2.